The molecule has 0 aromatic heterocycles. The highest BCUT2D eigenvalue weighted by molar-refractivity contribution is 6.18. The predicted octanol–water partition coefficient (Wildman–Crippen LogP) is 3.54. The number of hydrogen-bond donors (Lipinski definition) is 0. The largest absolute Gasteiger partial charge is 0.380 e. The summed E-state index contributed by atoms with van der Waals surface area (Å²) in [5, 5.41) is 0. The summed E-state index contributed by atoms with van der Waals surface area (Å²) in [7, 11) is 1.71. The molecule has 0 amide bonds. The summed E-state index contributed by atoms with van der Waals surface area (Å²) in [6, 6.07) is 8.42. The zero-order valence-corrected chi connectivity index (χ0v) is 11.0. The van der Waals surface area contributed by atoms with Crippen molar-refractivity contribution in [1.82, 2.24) is 0 Å². The molecule has 2 unspecified atom stereocenters. The van der Waals surface area contributed by atoms with E-state index < -0.39 is 0 Å². The van der Waals surface area contributed by atoms with Crippen LogP contribution >= 0.6 is 11.6 Å². The Labute approximate surface area is 108 Å². The standard InChI is InChI=1S/C14H19ClO2/c1-16-10-11-4-2-5-12(8-11)14-13(9-15)6-3-7-17-14/h2,4-5,8,13-14H,3,6-7,9-10H2,1H3. The Morgan fingerprint density at radius 3 is 3.12 bits per heavy atom. The van der Waals surface area contributed by atoms with Crippen LogP contribution < -0.4 is 0 Å². The normalized spacial score (nSPS) is 24.8. The van der Waals surface area contributed by atoms with Gasteiger partial charge in [0.2, 0.25) is 0 Å². The highest BCUT2D eigenvalue weighted by Gasteiger charge is 2.26. The molecule has 0 saturated carbocycles. The van der Waals surface area contributed by atoms with Crippen LogP contribution in [0.25, 0.3) is 0 Å². The molecule has 0 spiro atoms. The number of alkyl halides is 1. The Kier molecular flexibility index (Phi) is 4.84. The van der Waals surface area contributed by atoms with Gasteiger partial charge in [0.15, 0.2) is 0 Å². The second kappa shape index (κ2) is 6.39. The average molecular weight is 255 g/mol. The zero-order chi connectivity index (χ0) is 12.1. The number of rotatable bonds is 4. The molecular weight excluding hydrogens is 236 g/mol. The molecule has 1 aliphatic rings. The van der Waals surface area contributed by atoms with Crippen molar-refractivity contribution in [3.8, 4) is 0 Å². The number of methoxy groups -OCH3 is 1. The number of hydrogen-bond acceptors (Lipinski definition) is 2. The Morgan fingerprint density at radius 2 is 2.35 bits per heavy atom. The molecule has 17 heavy (non-hydrogen) atoms. The van der Waals surface area contributed by atoms with Crippen molar-refractivity contribution in [3.05, 3.63) is 35.4 Å². The Hall–Kier alpha value is -0.570. The van der Waals surface area contributed by atoms with E-state index in [1.807, 2.05) is 0 Å². The van der Waals surface area contributed by atoms with Gasteiger partial charge in [-0.1, -0.05) is 24.3 Å². The first-order valence-electron chi connectivity index (χ1n) is 6.10. The summed E-state index contributed by atoms with van der Waals surface area (Å²) in [4.78, 5) is 0. The van der Waals surface area contributed by atoms with Gasteiger partial charge in [-0.05, 0) is 24.0 Å². The van der Waals surface area contributed by atoms with E-state index in [9.17, 15) is 0 Å². The highest BCUT2D eigenvalue weighted by atomic mass is 35.5. The summed E-state index contributed by atoms with van der Waals surface area (Å²) in [5.41, 5.74) is 2.41. The van der Waals surface area contributed by atoms with Crippen molar-refractivity contribution in [2.24, 2.45) is 5.92 Å². The van der Waals surface area contributed by atoms with Gasteiger partial charge in [-0.2, -0.15) is 0 Å². The van der Waals surface area contributed by atoms with Gasteiger partial charge in [-0.25, -0.2) is 0 Å². The van der Waals surface area contributed by atoms with Gasteiger partial charge < -0.3 is 9.47 Å². The molecule has 1 saturated heterocycles. The Balaban J connectivity index is 2.16. The third-order valence-electron chi connectivity index (χ3n) is 3.23. The third-order valence-corrected chi connectivity index (χ3v) is 3.63. The molecule has 94 valence electrons. The van der Waals surface area contributed by atoms with Crippen LogP contribution in [-0.2, 0) is 16.1 Å². The van der Waals surface area contributed by atoms with Gasteiger partial charge in [0.1, 0.15) is 0 Å². The van der Waals surface area contributed by atoms with Crippen LogP contribution in [0.4, 0.5) is 0 Å². The second-order valence-corrected chi connectivity index (χ2v) is 4.83. The van der Waals surface area contributed by atoms with E-state index in [4.69, 9.17) is 21.1 Å². The molecular formula is C14H19ClO2. The summed E-state index contributed by atoms with van der Waals surface area (Å²) in [6.07, 6.45) is 2.42. The number of benzene rings is 1. The SMILES string of the molecule is COCc1cccc(C2OCCCC2CCl)c1. The van der Waals surface area contributed by atoms with E-state index in [1.54, 1.807) is 7.11 Å². The van der Waals surface area contributed by atoms with Gasteiger partial charge >= 0.3 is 0 Å². The molecule has 0 radical (unpaired) electrons. The van der Waals surface area contributed by atoms with Gasteiger partial charge in [-0.3, -0.25) is 0 Å². The molecule has 1 aromatic carbocycles. The summed E-state index contributed by atoms with van der Waals surface area (Å²) < 4.78 is 11.0. The Morgan fingerprint density at radius 1 is 1.47 bits per heavy atom. The minimum Gasteiger partial charge on any atom is -0.380 e. The molecule has 1 heterocycles. The predicted molar refractivity (Wildman–Crippen MR) is 69.3 cm³/mol. The first-order chi connectivity index (χ1) is 8.35. The lowest BCUT2D eigenvalue weighted by Gasteiger charge is -2.31. The van der Waals surface area contributed by atoms with E-state index in [2.05, 4.69) is 24.3 Å². The molecule has 2 rings (SSSR count). The van der Waals surface area contributed by atoms with Crippen LogP contribution in [0.5, 0.6) is 0 Å². The topological polar surface area (TPSA) is 18.5 Å². The van der Waals surface area contributed by atoms with Gasteiger partial charge in [-0.15, -0.1) is 11.6 Å². The van der Waals surface area contributed by atoms with Crippen molar-refractivity contribution in [1.29, 1.82) is 0 Å². The van der Waals surface area contributed by atoms with Crippen LogP contribution in [0, 0.1) is 5.92 Å². The van der Waals surface area contributed by atoms with E-state index in [0.717, 1.165) is 19.4 Å². The van der Waals surface area contributed by atoms with E-state index >= 15 is 0 Å². The third kappa shape index (κ3) is 3.21. The minimum atomic E-state index is 0.151. The van der Waals surface area contributed by atoms with Crippen molar-refractivity contribution in [2.75, 3.05) is 19.6 Å². The first kappa shape index (κ1) is 12.9. The summed E-state index contributed by atoms with van der Waals surface area (Å²) in [6.45, 7) is 1.48. The van der Waals surface area contributed by atoms with E-state index in [-0.39, 0.29) is 6.10 Å². The molecule has 1 aliphatic heterocycles. The maximum Gasteiger partial charge on any atom is 0.0864 e. The molecule has 2 atom stereocenters. The Bertz CT molecular complexity index is 354. The van der Waals surface area contributed by atoms with Crippen molar-refractivity contribution < 1.29 is 9.47 Å². The summed E-state index contributed by atoms with van der Waals surface area (Å²) >= 11 is 6.02. The smallest absolute Gasteiger partial charge is 0.0864 e. The van der Waals surface area contributed by atoms with Crippen molar-refractivity contribution >= 4 is 11.6 Å². The van der Waals surface area contributed by atoms with Crippen LogP contribution in [0.3, 0.4) is 0 Å². The van der Waals surface area contributed by atoms with Crippen LogP contribution in [0.1, 0.15) is 30.1 Å². The average Bonchev–Trinajstić information content (AvgIpc) is 2.39. The highest BCUT2D eigenvalue weighted by Crippen LogP contribution is 2.34. The molecule has 2 nitrogen and oxygen atoms in total. The first-order valence-corrected chi connectivity index (χ1v) is 6.64. The quantitative estimate of drug-likeness (QED) is 0.766. The van der Waals surface area contributed by atoms with Gasteiger partial charge in [0, 0.05) is 25.5 Å². The molecule has 0 bridgehead atoms. The second-order valence-electron chi connectivity index (χ2n) is 4.53. The van der Waals surface area contributed by atoms with Gasteiger partial charge in [0.05, 0.1) is 12.7 Å². The van der Waals surface area contributed by atoms with E-state index in [1.165, 1.54) is 11.1 Å². The van der Waals surface area contributed by atoms with Crippen LogP contribution in [-0.4, -0.2) is 19.6 Å². The van der Waals surface area contributed by atoms with Crippen LogP contribution in [0.15, 0.2) is 24.3 Å². The van der Waals surface area contributed by atoms with Crippen molar-refractivity contribution in [2.45, 2.75) is 25.6 Å². The van der Waals surface area contributed by atoms with E-state index in [0.29, 0.717) is 18.4 Å². The molecule has 1 aromatic rings. The lowest BCUT2D eigenvalue weighted by atomic mass is 9.90. The maximum atomic E-state index is 6.02. The van der Waals surface area contributed by atoms with Crippen LogP contribution in [0.2, 0.25) is 0 Å². The lowest BCUT2D eigenvalue weighted by molar-refractivity contribution is -0.0209. The monoisotopic (exact) mass is 254 g/mol. The molecule has 1 fully saturated rings. The molecule has 0 aliphatic carbocycles. The minimum absolute atomic E-state index is 0.151. The maximum absolute atomic E-state index is 6.02. The fraction of sp³-hybridized carbons (Fsp3) is 0.571. The van der Waals surface area contributed by atoms with Crippen molar-refractivity contribution in [3.63, 3.8) is 0 Å². The fourth-order valence-corrected chi connectivity index (χ4v) is 2.71. The molecule has 3 heteroatoms. The molecule has 0 N–H and O–H groups in total. The summed E-state index contributed by atoms with van der Waals surface area (Å²) in [5.74, 6) is 1.10. The lowest BCUT2D eigenvalue weighted by Crippen LogP contribution is -2.23. The fourth-order valence-electron chi connectivity index (χ4n) is 2.40. The number of ether oxygens (including phenoxy) is 2. The van der Waals surface area contributed by atoms with Gasteiger partial charge in [0.25, 0.3) is 0 Å². The zero-order valence-electron chi connectivity index (χ0n) is 10.2. The number of halogens is 1.